The Bertz CT molecular complexity index is 699. The smallest absolute Gasteiger partial charge is 0.237 e. The summed E-state index contributed by atoms with van der Waals surface area (Å²) in [7, 11) is 1.95. The first kappa shape index (κ1) is 18.5. The fourth-order valence-corrected chi connectivity index (χ4v) is 4.55. The van der Waals surface area contributed by atoms with Crippen molar-refractivity contribution in [1.82, 2.24) is 15.1 Å². The number of nitrogens with one attached hydrogen (secondary N) is 1. The third kappa shape index (κ3) is 4.18. The molecular weight excluding hydrogens is 338 g/mol. The van der Waals surface area contributed by atoms with Crippen molar-refractivity contribution in [3.63, 3.8) is 0 Å². The molecule has 1 saturated heterocycles. The van der Waals surface area contributed by atoms with Gasteiger partial charge in [-0.3, -0.25) is 14.5 Å². The molecule has 0 radical (unpaired) electrons. The van der Waals surface area contributed by atoms with Crippen LogP contribution in [0.2, 0.25) is 0 Å². The predicted molar refractivity (Wildman–Crippen MR) is 105 cm³/mol. The summed E-state index contributed by atoms with van der Waals surface area (Å²) in [6, 6.07) is 8.32. The fraction of sp³-hybridized carbons (Fsp3) is 0.636. The van der Waals surface area contributed by atoms with Crippen LogP contribution in [-0.4, -0.2) is 53.8 Å². The van der Waals surface area contributed by atoms with Crippen molar-refractivity contribution in [2.24, 2.45) is 11.8 Å². The molecule has 3 fully saturated rings. The zero-order valence-corrected chi connectivity index (χ0v) is 16.5. The van der Waals surface area contributed by atoms with Gasteiger partial charge in [0.15, 0.2) is 0 Å². The van der Waals surface area contributed by atoms with Crippen molar-refractivity contribution in [3.8, 4) is 0 Å². The van der Waals surface area contributed by atoms with E-state index in [0.717, 1.165) is 13.1 Å². The molecule has 2 saturated carbocycles. The zero-order chi connectivity index (χ0) is 19.0. The monoisotopic (exact) mass is 369 g/mol. The van der Waals surface area contributed by atoms with Crippen molar-refractivity contribution in [2.45, 2.75) is 57.7 Å². The van der Waals surface area contributed by atoms with E-state index < -0.39 is 0 Å². The van der Waals surface area contributed by atoms with Gasteiger partial charge in [-0.05, 0) is 55.6 Å². The second kappa shape index (κ2) is 7.63. The summed E-state index contributed by atoms with van der Waals surface area (Å²) >= 11 is 0. The van der Waals surface area contributed by atoms with Gasteiger partial charge in [0.05, 0.1) is 12.5 Å². The number of piperazine rings is 1. The van der Waals surface area contributed by atoms with Gasteiger partial charge < -0.3 is 10.2 Å². The van der Waals surface area contributed by atoms with Gasteiger partial charge >= 0.3 is 0 Å². The van der Waals surface area contributed by atoms with Crippen LogP contribution in [0.15, 0.2) is 24.3 Å². The van der Waals surface area contributed by atoms with Crippen molar-refractivity contribution < 1.29 is 9.59 Å². The molecule has 1 aromatic carbocycles. The highest BCUT2D eigenvalue weighted by Crippen LogP contribution is 2.47. The highest BCUT2D eigenvalue weighted by Gasteiger charge is 2.45. The third-order valence-electron chi connectivity index (χ3n) is 6.49. The molecule has 27 heavy (non-hydrogen) atoms. The third-order valence-corrected chi connectivity index (χ3v) is 6.49. The lowest BCUT2D eigenvalue weighted by atomic mass is 10.0. The Balaban J connectivity index is 1.44. The first-order valence-electron chi connectivity index (χ1n) is 10.4. The van der Waals surface area contributed by atoms with E-state index in [1.807, 2.05) is 24.1 Å². The van der Waals surface area contributed by atoms with Crippen LogP contribution in [0.4, 0.5) is 0 Å². The Morgan fingerprint density at radius 3 is 2.52 bits per heavy atom. The maximum Gasteiger partial charge on any atom is 0.237 e. The van der Waals surface area contributed by atoms with Gasteiger partial charge in [0.1, 0.15) is 0 Å². The number of rotatable bonds is 7. The van der Waals surface area contributed by atoms with Gasteiger partial charge in [0, 0.05) is 32.7 Å². The summed E-state index contributed by atoms with van der Waals surface area (Å²) < 4.78 is 0. The van der Waals surface area contributed by atoms with E-state index in [9.17, 15) is 9.59 Å². The SMILES string of the molecule is Cc1ccccc1CN1CCNC(=O)C1CC(=O)N(C)C(C1CC1)C1CC1. The van der Waals surface area contributed by atoms with E-state index >= 15 is 0 Å². The zero-order valence-electron chi connectivity index (χ0n) is 16.5. The minimum atomic E-state index is -0.368. The summed E-state index contributed by atoms with van der Waals surface area (Å²) in [6.45, 7) is 4.26. The molecule has 1 atom stereocenters. The van der Waals surface area contributed by atoms with Gasteiger partial charge in [-0.2, -0.15) is 0 Å². The summed E-state index contributed by atoms with van der Waals surface area (Å²) in [6.07, 6.45) is 5.29. The summed E-state index contributed by atoms with van der Waals surface area (Å²) in [4.78, 5) is 29.8. The number of nitrogens with zero attached hydrogens (tertiary/aromatic N) is 2. The van der Waals surface area contributed by atoms with E-state index in [2.05, 4.69) is 29.3 Å². The molecule has 1 unspecified atom stereocenters. The van der Waals surface area contributed by atoms with Gasteiger partial charge in [0.2, 0.25) is 11.8 Å². The lowest BCUT2D eigenvalue weighted by Crippen LogP contribution is -2.56. The molecule has 1 heterocycles. The van der Waals surface area contributed by atoms with E-state index in [4.69, 9.17) is 0 Å². The largest absolute Gasteiger partial charge is 0.353 e. The minimum absolute atomic E-state index is 0.00835. The molecule has 1 aromatic rings. The minimum Gasteiger partial charge on any atom is -0.353 e. The molecule has 0 spiro atoms. The van der Waals surface area contributed by atoms with Crippen LogP contribution in [-0.2, 0) is 16.1 Å². The van der Waals surface area contributed by atoms with Crippen LogP contribution in [0.3, 0.4) is 0 Å². The molecular formula is C22H31N3O2. The molecule has 4 rings (SSSR count). The molecule has 2 amide bonds. The van der Waals surface area contributed by atoms with Gasteiger partial charge in [0.25, 0.3) is 0 Å². The number of aryl methyl sites for hydroxylation is 1. The quantitative estimate of drug-likeness (QED) is 0.803. The normalized spacial score (nSPS) is 23.4. The van der Waals surface area contributed by atoms with Crippen LogP contribution < -0.4 is 5.32 Å². The Hall–Kier alpha value is -1.88. The molecule has 0 bridgehead atoms. The van der Waals surface area contributed by atoms with Crippen molar-refractivity contribution >= 4 is 11.8 Å². The molecule has 1 N–H and O–H groups in total. The molecule has 5 nitrogen and oxygen atoms in total. The average Bonchev–Trinajstić information content (AvgIpc) is 3.54. The topological polar surface area (TPSA) is 52.7 Å². The Morgan fingerprint density at radius 1 is 1.22 bits per heavy atom. The molecule has 0 aromatic heterocycles. The standard InChI is InChI=1S/C22H31N3O2/c1-15-5-3-4-6-18(15)14-25-12-11-23-22(27)19(25)13-20(26)24(2)21(16-7-8-16)17-9-10-17/h3-6,16-17,19,21H,7-14H2,1-2H3,(H,23,27). The van der Waals surface area contributed by atoms with E-state index in [1.165, 1.54) is 36.8 Å². The van der Waals surface area contributed by atoms with Gasteiger partial charge in [-0.25, -0.2) is 0 Å². The highest BCUT2D eigenvalue weighted by molar-refractivity contribution is 5.89. The first-order valence-corrected chi connectivity index (χ1v) is 10.4. The lowest BCUT2D eigenvalue weighted by molar-refractivity contribution is -0.140. The maximum atomic E-state index is 13.0. The van der Waals surface area contributed by atoms with Crippen LogP contribution in [0.1, 0.15) is 43.2 Å². The van der Waals surface area contributed by atoms with Crippen molar-refractivity contribution in [1.29, 1.82) is 0 Å². The second-order valence-corrected chi connectivity index (χ2v) is 8.58. The number of carbonyl (C=O) groups is 2. The predicted octanol–water partition coefficient (Wildman–Crippen LogP) is 2.33. The maximum absolute atomic E-state index is 13.0. The molecule has 1 aliphatic heterocycles. The summed E-state index contributed by atoms with van der Waals surface area (Å²) in [5.41, 5.74) is 2.46. The summed E-state index contributed by atoms with van der Waals surface area (Å²) in [5.74, 6) is 1.49. The Labute approximate surface area is 162 Å². The Morgan fingerprint density at radius 2 is 1.89 bits per heavy atom. The van der Waals surface area contributed by atoms with E-state index in [0.29, 0.717) is 24.4 Å². The molecule has 146 valence electrons. The van der Waals surface area contributed by atoms with Gasteiger partial charge in [-0.1, -0.05) is 24.3 Å². The number of carbonyl (C=O) groups excluding carboxylic acids is 2. The molecule has 3 aliphatic rings. The van der Waals surface area contributed by atoms with Crippen molar-refractivity contribution in [2.75, 3.05) is 20.1 Å². The first-order chi connectivity index (χ1) is 13.0. The van der Waals surface area contributed by atoms with Crippen LogP contribution in [0.5, 0.6) is 0 Å². The number of hydrogen-bond acceptors (Lipinski definition) is 3. The van der Waals surface area contributed by atoms with Crippen molar-refractivity contribution in [3.05, 3.63) is 35.4 Å². The van der Waals surface area contributed by atoms with Crippen LogP contribution in [0.25, 0.3) is 0 Å². The van der Waals surface area contributed by atoms with Crippen LogP contribution >= 0.6 is 0 Å². The van der Waals surface area contributed by atoms with Crippen LogP contribution in [0, 0.1) is 18.8 Å². The van der Waals surface area contributed by atoms with Gasteiger partial charge in [-0.15, -0.1) is 0 Å². The lowest BCUT2D eigenvalue weighted by Gasteiger charge is -2.37. The Kier molecular flexibility index (Phi) is 5.22. The number of amides is 2. The highest BCUT2D eigenvalue weighted by atomic mass is 16.2. The van der Waals surface area contributed by atoms with E-state index in [-0.39, 0.29) is 24.3 Å². The molecule has 5 heteroatoms. The molecule has 2 aliphatic carbocycles. The number of hydrogen-bond donors (Lipinski definition) is 1. The number of benzene rings is 1. The average molecular weight is 370 g/mol. The second-order valence-electron chi connectivity index (χ2n) is 8.58. The summed E-state index contributed by atoms with van der Waals surface area (Å²) in [5, 5.41) is 2.95. The van der Waals surface area contributed by atoms with E-state index in [1.54, 1.807) is 0 Å². The fourth-order valence-electron chi connectivity index (χ4n) is 4.55.